The van der Waals surface area contributed by atoms with Crippen molar-refractivity contribution >= 4 is 16.9 Å². The van der Waals surface area contributed by atoms with Crippen molar-refractivity contribution in [1.82, 2.24) is 0 Å². The van der Waals surface area contributed by atoms with Crippen molar-refractivity contribution < 1.29 is 4.79 Å². The Morgan fingerprint density at radius 1 is 1.10 bits per heavy atom. The van der Waals surface area contributed by atoms with Gasteiger partial charge in [-0.25, -0.2) is 0 Å². The topological polar surface area (TPSA) is 17.1 Å². The van der Waals surface area contributed by atoms with Crippen LogP contribution in [0.2, 0.25) is 0 Å². The van der Waals surface area contributed by atoms with Crippen molar-refractivity contribution in [2.24, 2.45) is 0 Å². The van der Waals surface area contributed by atoms with Crippen LogP contribution in [0, 0.1) is 0 Å². The molecule has 110 valence electrons. The fraction of sp³-hybridized carbons (Fsp3) is 0.500. The van der Waals surface area contributed by atoms with Crippen molar-refractivity contribution in [3.63, 3.8) is 0 Å². The summed E-state index contributed by atoms with van der Waals surface area (Å²) in [4.78, 5) is 11.6. The van der Waals surface area contributed by atoms with Gasteiger partial charge in [0.2, 0.25) is 5.12 Å². The second-order valence-electron chi connectivity index (χ2n) is 5.01. The van der Waals surface area contributed by atoms with E-state index in [0.717, 1.165) is 18.6 Å². The first kappa shape index (κ1) is 17.0. The Balaban J connectivity index is 2.02. The van der Waals surface area contributed by atoms with Crippen molar-refractivity contribution in [3.8, 4) is 0 Å². The van der Waals surface area contributed by atoms with E-state index in [1.165, 1.54) is 49.4 Å². The van der Waals surface area contributed by atoms with Gasteiger partial charge in [-0.05, 0) is 30.9 Å². The molecule has 0 N–H and O–H groups in total. The van der Waals surface area contributed by atoms with Gasteiger partial charge in [0.25, 0.3) is 0 Å². The molecule has 0 unspecified atom stereocenters. The Labute approximate surface area is 127 Å². The van der Waals surface area contributed by atoms with Gasteiger partial charge < -0.3 is 0 Å². The van der Waals surface area contributed by atoms with Gasteiger partial charge in [-0.3, -0.25) is 4.79 Å². The van der Waals surface area contributed by atoms with Crippen LogP contribution >= 0.6 is 11.8 Å². The predicted molar refractivity (Wildman–Crippen MR) is 90.1 cm³/mol. The standard InChI is InChI=1S/C18H26OS/c1-2-3-4-5-6-7-11-14-18(19)20-16-15-17-12-9-8-10-13-17/h8-14H,2-7,15-16H2,1H3. The molecule has 0 aliphatic rings. The van der Waals surface area contributed by atoms with Crippen molar-refractivity contribution in [2.45, 2.75) is 51.9 Å². The lowest BCUT2D eigenvalue weighted by atomic mass is 10.1. The van der Waals surface area contributed by atoms with E-state index in [4.69, 9.17) is 0 Å². The zero-order valence-corrected chi connectivity index (χ0v) is 13.3. The van der Waals surface area contributed by atoms with E-state index in [2.05, 4.69) is 19.1 Å². The molecule has 0 fully saturated rings. The molecule has 2 heteroatoms. The van der Waals surface area contributed by atoms with E-state index >= 15 is 0 Å². The first-order valence-corrected chi connectivity index (χ1v) is 8.68. The number of benzene rings is 1. The summed E-state index contributed by atoms with van der Waals surface area (Å²) in [6.07, 6.45) is 12.2. The van der Waals surface area contributed by atoms with Gasteiger partial charge in [-0.15, -0.1) is 0 Å². The number of carbonyl (C=O) groups is 1. The van der Waals surface area contributed by atoms with Gasteiger partial charge in [0, 0.05) is 5.75 Å². The van der Waals surface area contributed by atoms with Crippen LogP contribution in [-0.2, 0) is 11.2 Å². The lowest BCUT2D eigenvalue weighted by Crippen LogP contribution is -1.92. The maximum absolute atomic E-state index is 11.6. The summed E-state index contributed by atoms with van der Waals surface area (Å²) in [7, 11) is 0. The summed E-state index contributed by atoms with van der Waals surface area (Å²) in [6, 6.07) is 10.3. The molecule has 0 atom stereocenters. The Morgan fingerprint density at radius 2 is 1.85 bits per heavy atom. The summed E-state index contributed by atoms with van der Waals surface area (Å²) in [6.45, 7) is 2.23. The number of allylic oxidation sites excluding steroid dienone is 1. The highest BCUT2D eigenvalue weighted by molar-refractivity contribution is 8.14. The molecule has 1 aromatic carbocycles. The van der Waals surface area contributed by atoms with Crippen LogP contribution < -0.4 is 0 Å². The largest absolute Gasteiger partial charge is 0.282 e. The van der Waals surface area contributed by atoms with E-state index < -0.39 is 0 Å². The zero-order valence-electron chi connectivity index (χ0n) is 12.5. The Kier molecular flexibility index (Phi) is 10.0. The van der Waals surface area contributed by atoms with E-state index in [1.807, 2.05) is 24.3 Å². The number of aryl methyl sites for hydroxylation is 1. The lowest BCUT2D eigenvalue weighted by Gasteiger charge is -1.99. The molecule has 0 saturated carbocycles. The number of thioether (sulfide) groups is 1. The predicted octanol–water partition coefficient (Wildman–Crippen LogP) is 5.41. The molecule has 20 heavy (non-hydrogen) atoms. The second kappa shape index (κ2) is 11.8. The van der Waals surface area contributed by atoms with Crippen molar-refractivity contribution in [1.29, 1.82) is 0 Å². The molecule has 0 aliphatic heterocycles. The maximum atomic E-state index is 11.6. The molecular weight excluding hydrogens is 264 g/mol. The van der Waals surface area contributed by atoms with Gasteiger partial charge in [0.1, 0.15) is 0 Å². The summed E-state index contributed by atoms with van der Waals surface area (Å²) in [5.41, 5.74) is 1.30. The van der Waals surface area contributed by atoms with Crippen LogP contribution in [0.15, 0.2) is 42.5 Å². The highest BCUT2D eigenvalue weighted by Gasteiger charge is 1.98. The fourth-order valence-electron chi connectivity index (χ4n) is 2.01. The first-order valence-electron chi connectivity index (χ1n) is 7.70. The summed E-state index contributed by atoms with van der Waals surface area (Å²) in [5.74, 6) is 0.865. The van der Waals surface area contributed by atoms with Crippen LogP contribution in [-0.4, -0.2) is 10.9 Å². The molecule has 0 saturated heterocycles. The molecular formula is C18H26OS. The number of unbranched alkanes of at least 4 members (excludes halogenated alkanes) is 5. The van der Waals surface area contributed by atoms with Gasteiger partial charge in [-0.1, -0.05) is 80.8 Å². The minimum atomic E-state index is 0.189. The molecule has 0 amide bonds. The average Bonchev–Trinajstić information content (AvgIpc) is 2.47. The smallest absolute Gasteiger partial charge is 0.211 e. The van der Waals surface area contributed by atoms with Crippen LogP contribution in [0.3, 0.4) is 0 Å². The van der Waals surface area contributed by atoms with Gasteiger partial charge in [0.05, 0.1) is 0 Å². The summed E-state index contributed by atoms with van der Waals surface area (Å²) >= 11 is 1.42. The minimum Gasteiger partial charge on any atom is -0.282 e. The third kappa shape index (κ3) is 8.98. The summed E-state index contributed by atoms with van der Waals surface area (Å²) in [5, 5.41) is 0.189. The highest BCUT2D eigenvalue weighted by atomic mass is 32.2. The average molecular weight is 290 g/mol. The van der Waals surface area contributed by atoms with Crippen LogP contribution in [0.5, 0.6) is 0 Å². The van der Waals surface area contributed by atoms with Gasteiger partial charge >= 0.3 is 0 Å². The van der Waals surface area contributed by atoms with Crippen molar-refractivity contribution in [3.05, 3.63) is 48.0 Å². The zero-order chi connectivity index (χ0) is 14.5. The van der Waals surface area contributed by atoms with Gasteiger partial charge in [0.15, 0.2) is 0 Å². The number of carbonyl (C=O) groups excluding carboxylic acids is 1. The van der Waals surface area contributed by atoms with Crippen LogP contribution in [0.25, 0.3) is 0 Å². The molecule has 1 rings (SSSR count). The number of rotatable bonds is 10. The minimum absolute atomic E-state index is 0.189. The lowest BCUT2D eigenvalue weighted by molar-refractivity contribution is -0.107. The van der Waals surface area contributed by atoms with E-state index in [1.54, 1.807) is 6.08 Å². The maximum Gasteiger partial charge on any atom is 0.211 e. The molecule has 1 aromatic rings. The highest BCUT2D eigenvalue weighted by Crippen LogP contribution is 2.10. The monoisotopic (exact) mass is 290 g/mol. The SMILES string of the molecule is CCCCCCCC=CC(=O)SCCc1ccccc1. The van der Waals surface area contributed by atoms with Crippen LogP contribution in [0.1, 0.15) is 51.0 Å². The first-order chi connectivity index (χ1) is 9.83. The third-order valence-corrected chi connectivity index (χ3v) is 4.04. The van der Waals surface area contributed by atoms with Crippen molar-refractivity contribution in [2.75, 3.05) is 5.75 Å². The van der Waals surface area contributed by atoms with Crippen LogP contribution in [0.4, 0.5) is 0 Å². The Morgan fingerprint density at radius 3 is 2.60 bits per heavy atom. The molecule has 0 spiro atoms. The number of hydrogen-bond acceptors (Lipinski definition) is 2. The summed E-state index contributed by atoms with van der Waals surface area (Å²) < 4.78 is 0. The van der Waals surface area contributed by atoms with E-state index in [-0.39, 0.29) is 5.12 Å². The molecule has 1 nitrogen and oxygen atoms in total. The molecule has 0 aromatic heterocycles. The molecule has 0 bridgehead atoms. The normalized spacial score (nSPS) is 11.1. The Bertz CT molecular complexity index is 384. The third-order valence-electron chi connectivity index (χ3n) is 3.21. The molecule has 0 heterocycles. The quantitative estimate of drug-likeness (QED) is 0.423. The van der Waals surface area contributed by atoms with E-state index in [0.29, 0.717) is 0 Å². The van der Waals surface area contributed by atoms with Gasteiger partial charge in [-0.2, -0.15) is 0 Å². The molecule has 0 aliphatic carbocycles. The molecule has 0 radical (unpaired) electrons. The van der Waals surface area contributed by atoms with E-state index in [9.17, 15) is 4.79 Å². The number of hydrogen-bond donors (Lipinski definition) is 0. The Hall–Kier alpha value is -1.02. The second-order valence-corrected chi connectivity index (χ2v) is 6.11. The fourth-order valence-corrected chi connectivity index (χ4v) is 2.74.